The number of para-hydroxylation sites is 1. The summed E-state index contributed by atoms with van der Waals surface area (Å²) >= 11 is 2.07. The summed E-state index contributed by atoms with van der Waals surface area (Å²) in [5.74, 6) is 3.38. The van der Waals surface area contributed by atoms with Gasteiger partial charge in [0, 0.05) is 6.04 Å². The van der Waals surface area contributed by atoms with E-state index in [0.717, 1.165) is 38.1 Å². The second kappa shape index (κ2) is 9.65. The van der Waals surface area contributed by atoms with Crippen molar-refractivity contribution < 1.29 is 14.3 Å². The molecule has 5 heteroatoms. The minimum absolute atomic E-state index is 0.0319. The van der Waals surface area contributed by atoms with Crippen LogP contribution in [-0.2, 0) is 9.53 Å². The third kappa shape index (κ3) is 4.95. The van der Waals surface area contributed by atoms with Crippen molar-refractivity contribution in [2.24, 2.45) is 5.41 Å². The lowest BCUT2D eigenvalue weighted by Gasteiger charge is -2.43. The number of likely N-dealkylation sites (tertiary alicyclic amines) is 1. The Labute approximate surface area is 161 Å². The molecule has 1 aromatic rings. The molecule has 2 fully saturated rings. The van der Waals surface area contributed by atoms with Crippen molar-refractivity contribution in [1.82, 2.24) is 4.90 Å². The molecule has 0 saturated carbocycles. The van der Waals surface area contributed by atoms with Gasteiger partial charge in [-0.05, 0) is 75.8 Å². The molecule has 0 amide bonds. The number of hydrogen-bond donors (Lipinski definition) is 0. The fourth-order valence-electron chi connectivity index (χ4n) is 4.09. The monoisotopic (exact) mass is 377 g/mol. The van der Waals surface area contributed by atoms with Crippen LogP contribution >= 0.6 is 11.8 Å². The van der Waals surface area contributed by atoms with Gasteiger partial charge in [-0.3, -0.25) is 4.79 Å². The molecule has 2 saturated heterocycles. The summed E-state index contributed by atoms with van der Waals surface area (Å²) in [5.41, 5.74) is -0.384. The van der Waals surface area contributed by atoms with E-state index in [9.17, 15) is 4.79 Å². The van der Waals surface area contributed by atoms with Gasteiger partial charge in [0.15, 0.2) is 0 Å². The van der Waals surface area contributed by atoms with Crippen LogP contribution in [0.4, 0.5) is 0 Å². The summed E-state index contributed by atoms with van der Waals surface area (Å²) in [7, 11) is 0. The Bertz CT molecular complexity index is 552. The second-order valence-corrected chi connectivity index (χ2v) is 8.52. The number of piperidine rings is 1. The fourth-order valence-corrected chi connectivity index (χ4v) is 5.17. The van der Waals surface area contributed by atoms with Gasteiger partial charge >= 0.3 is 5.97 Å². The molecule has 0 aromatic heterocycles. The Balaban J connectivity index is 1.57. The summed E-state index contributed by atoms with van der Waals surface area (Å²) in [5, 5.41) is 0. The molecule has 0 bridgehead atoms. The first kappa shape index (κ1) is 19.6. The van der Waals surface area contributed by atoms with Crippen LogP contribution in [-0.4, -0.2) is 54.7 Å². The highest BCUT2D eigenvalue weighted by Crippen LogP contribution is 2.38. The molecule has 26 heavy (non-hydrogen) atoms. The van der Waals surface area contributed by atoms with E-state index in [2.05, 4.69) is 16.7 Å². The molecule has 144 valence electrons. The zero-order valence-corrected chi connectivity index (χ0v) is 16.6. The number of ether oxygens (including phenoxy) is 2. The Kier molecular flexibility index (Phi) is 7.26. The number of carbonyl (C=O) groups is 1. The van der Waals surface area contributed by atoms with E-state index in [1.165, 1.54) is 24.3 Å². The fraction of sp³-hybridized carbons (Fsp3) is 0.667. The van der Waals surface area contributed by atoms with Gasteiger partial charge in [0.05, 0.1) is 18.6 Å². The van der Waals surface area contributed by atoms with Gasteiger partial charge in [0.2, 0.25) is 0 Å². The number of hydrogen-bond acceptors (Lipinski definition) is 5. The number of benzene rings is 1. The lowest BCUT2D eigenvalue weighted by molar-refractivity contribution is -0.160. The first-order chi connectivity index (χ1) is 12.7. The van der Waals surface area contributed by atoms with Crippen LogP contribution in [0, 0.1) is 5.41 Å². The lowest BCUT2D eigenvalue weighted by Crippen LogP contribution is -2.49. The topological polar surface area (TPSA) is 38.8 Å². The quantitative estimate of drug-likeness (QED) is 0.672. The third-order valence-electron chi connectivity index (χ3n) is 5.76. The summed E-state index contributed by atoms with van der Waals surface area (Å²) in [6.07, 6.45) is 5.07. The number of esters is 1. The van der Waals surface area contributed by atoms with Crippen molar-refractivity contribution in [1.29, 1.82) is 0 Å². The van der Waals surface area contributed by atoms with Gasteiger partial charge in [0.1, 0.15) is 5.75 Å². The Morgan fingerprint density at radius 2 is 1.88 bits per heavy atom. The van der Waals surface area contributed by atoms with Crippen molar-refractivity contribution >= 4 is 17.7 Å². The van der Waals surface area contributed by atoms with Crippen molar-refractivity contribution in [3.05, 3.63) is 30.3 Å². The Hall–Kier alpha value is -1.20. The molecule has 0 unspecified atom stereocenters. The largest absolute Gasteiger partial charge is 0.494 e. The summed E-state index contributed by atoms with van der Waals surface area (Å²) in [6.45, 7) is 4.90. The summed E-state index contributed by atoms with van der Waals surface area (Å²) in [6, 6.07) is 10.5. The van der Waals surface area contributed by atoms with E-state index in [-0.39, 0.29) is 11.4 Å². The zero-order valence-electron chi connectivity index (χ0n) is 15.8. The van der Waals surface area contributed by atoms with Crippen LogP contribution in [0.1, 0.15) is 39.0 Å². The molecular weight excluding hydrogens is 346 g/mol. The van der Waals surface area contributed by atoms with Crippen LogP contribution in [0.25, 0.3) is 0 Å². The maximum Gasteiger partial charge on any atom is 0.312 e. The van der Waals surface area contributed by atoms with Gasteiger partial charge in [0.25, 0.3) is 0 Å². The molecular formula is C21H31NO3S. The first-order valence-electron chi connectivity index (χ1n) is 9.90. The average molecular weight is 378 g/mol. The highest BCUT2D eigenvalue weighted by molar-refractivity contribution is 7.99. The highest BCUT2D eigenvalue weighted by Gasteiger charge is 2.43. The van der Waals surface area contributed by atoms with Crippen LogP contribution in [0.5, 0.6) is 5.75 Å². The Morgan fingerprint density at radius 3 is 2.54 bits per heavy atom. The van der Waals surface area contributed by atoms with Gasteiger partial charge in [-0.1, -0.05) is 18.2 Å². The van der Waals surface area contributed by atoms with E-state index < -0.39 is 0 Å². The van der Waals surface area contributed by atoms with Crippen LogP contribution in [0.2, 0.25) is 0 Å². The first-order valence-corrected chi connectivity index (χ1v) is 11.1. The van der Waals surface area contributed by atoms with E-state index >= 15 is 0 Å². The average Bonchev–Trinajstić information content (AvgIpc) is 2.70. The van der Waals surface area contributed by atoms with Crippen LogP contribution in [0.15, 0.2) is 30.3 Å². The molecule has 2 aliphatic heterocycles. The van der Waals surface area contributed by atoms with E-state index in [1.807, 2.05) is 37.3 Å². The van der Waals surface area contributed by atoms with Gasteiger partial charge in [-0.25, -0.2) is 0 Å². The van der Waals surface area contributed by atoms with Gasteiger partial charge in [-0.2, -0.15) is 11.8 Å². The normalized spacial score (nSPS) is 21.3. The summed E-state index contributed by atoms with van der Waals surface area (Å²) < 4.78 is 11.3. The number of thioether (sulfide) groups is 1. The highest BCUT2D eigenvalue weighted by atomic mass is 32.2. The lowest BCUT2D eigenvalue weighted by atomic mass is 9.75. The Morgan fingerprint density at radius 1 is 1.19 bits per heavy atom. The minimum atomic E-state index is -0.384. The van der Waals surface area contributed by atoms with Gasteiger partial charge in [-0.15, -0.1) is 0 Å². The smallest absolute Gasteiger partial charge is 0.312 e. The standard InChI is InChI=1S/C21H31NO3S/c1-2-24-20(23)21(12-15-25-19-6-4-3-5-7-19)10-13-22(14-11-21)18-8-16-26-17-9-18/h3-7,18H,2,8-17H2,1H3. The number of nitrogens with zero attached hydrogens (tertiary/aromatic N) is 1. The SMILES string of the molecule is CCOC(=O)C1(CCOc2ccccc2)CCN(C2CCSCC2)CC1. The maximum atomic E-state index is 12.7. The second-order valence-electron chi connectivity index (χ2n) is 7.29. The molecule has 2 aliphatic rings. The van der Waals surface area contributed by atoms with E-state index in [1.54, 1.807) is 0 Å². The molecule has 3 rings (SSSR count). The summed E-state index contributed by atoms with van der Waals surface area (Å²) in [4.78, 5) is 15.4. The van der Waals surface area contributed by atoms with Crippen molar-refractivity contribution in [3.8, 4) is 5.75 Å². The number of carbonyl (C=O) groups excluding carboxylic acids is 1. The predicted octanol–water partition coefficient (Wildman–Crippen LogP) is 4.00. The minimum Gasteiger partial charge on any atom is -0.494 e. The van der Waals surface area contributed by atoms with Crippen LogP contribution in [0.3, 0.4) is 0 Å². The molecule has 0 spiro atoms. The van der Waals surface area contributed by atoms with Crippen molar-refractivity contribution in [2.45, 2.75) is 45.1 Å². The molecule has 0 N–H and O–H groups in total. The molecule has 0 aliphatic carbocycles. The van der Waals surface area contributed by atoms with Crippen molar-refractivity contribution in [2.75, 3.05) is 37.8 Å². The molecule has 4 nitrogen and oxygen atoms in total. The number of rotatable bonds is 7. The zero-order chi connectivity index (χ0) is 18.2. The molecule has 0 radical (unpaired) electrons. The molecule has 1 aromatic carbocycles. The van der Waals surface area contributed by atoms with Gasteiger partial charge < -0.3 is 14.4 Å². The molecule has 2 heterocycles. The third-order valence-corrected chi connectivity index (χ3v) is 6.81. The van der Waals surface area contributed by atoms with Crippen LogP contribution < -0.4 is 4.74 Å². The molecule has 0 atom stereocenters. The maximum absolute atomic E-state index is 12.7. The van der Waals surface area contributed by atoms with E-state index in [4.69, 9.17) is 9.47 Å². The van der Waals surface area contributed by atoms with E-state index in [0.29, 0.717) is 19.3 Å². The van der Waals surface area contributed by atoms with Crippen molar-refractivity contribution in [3.63, 3.8) is 0 Å². The predicted molar refractivity (Wildman–Crippen MR) is 107 cm³/mol.